The van der Waals surface area contributed by atoms with Crippen LogP contribution in [0.25, 0.3) is 0 Å². The van der Waals surface area contributed by atoms with E-state index in [1.807, 2.05) is 18.3 Å². The van der Waals surface area contributed by atoms with Crippen molar-refractivity contribution in [1.29, 1.82) is 0 Å². The quantitative estimate of drug-likeness (QED) is 0.908. The van der Waals surface area contributed by atoms with Gasteiger partial charge in [-0.05, 0) is 46.9 Å². The Morgan fingerprint density at radius 3 is 3.00 bits per heavy atom. The van der Waals surface area contributed by atoms with E-state index in [0.717, 1.165) is 36.2 Å². The van der Waals surface area contributed by atoms with Crippen molar-refractivity contribution >= 4 is 15.9 Å². The minimum atomic E-state index is 0.310. The lowest BCUT2D eigenvalue weighted by Crippen LogP contribution is -2.21. The SMILES string of the molecule is OCC1CCN(Cc2ccc(Br)cn2)C1. The number of hydrogen-bond acceptors (Lipinski definition) is 3. The number of nitrogens with zero attached hydrogens (tertiary/aromatic N) is 2. The van der Waals surface area contributed by atoms with Gasteiger partial charge in [0.05, 0.1) is 5.69 Å². The molecule has 1 aliphatic rings. The summed E-state index contributed by atoms with van der Waals surface area (Å²) in [6.07, 6.45) is 2.93. The van der Waals surface area contributed by atoms with E-state index in [0.29, 0.717) is 12.5 Å². The summed E-state index contributed by atoms with van der Waals surface area (Å²) in [5.41, 5.74) is 1.09. The minimum Gasteiger partial charge on any atom is -0.396 e. The zero-order valence-electron chi connectivity index (χ0n) is 8.56. The smallest absolute Gasteiger partial charge is 0.0544 e. The molecule has 3 nitrogen and oxygen atoms in total. The molecule has 2 heterocycles. The van der Waals surface area contributed by atoms with E-state index >= 15 is 0 Å². The molecule has 0 radical (unpaired) electrons. The van der Waals surface area contributed by atoms with Crippen LogP contribution in [0.15, 0.2) is 22.8 Å². The van der Waals surface area contributed by atoms with E-state index in [9.17, 15) is 0 Å². The topological polar surface area (TPSA) is 36.4 Å². The first-order chi connectivity index (χ1) is 7.28. The van der Waals surface area contributed by atoms with Gasteiger partial charge in [0, 0.05) is 30.4 Å². The molecule has 1 aromatic rings. The Morgan fingerprint density at radius 2 is 2.40 bits per heavy atom. The Morgan fingerprint density at radius 1 is 1.53 bits per heavy atom. The lowest BCUT2D eigenvalue weighted by Gasteiger charge is -2.14. The Labute approximate surface area is 98.3 Å². The van der Waals surface area contributed by atoms with E-state index in [-0.39, 0.29) is 0 Å². The lowest BCUT2D eigenvalue weighted by atomic mass is 10.1. The number of pyridine rings is 1. The van der Waals surface area contributed by atoms with Crippen molar-refractivity contribution in [3.8, 4) is 0 Å². The van der Waals surface area contributed by atoms with Gasteiger partial charge in [-0.1, -0.05) is 0 Å². The van der Waals surface area contributed by atoms with E-state index in [4.69, 9.17) is 5.11 Å². The fourth-order valence-electron chi connectivity index (χ4n) is 1.93. The number of aliphatic hydroxyl groups is 1. The standard InChI is InChI=1S/C11H15BrN2O/c12-10-1-2-11(13-5-10)7-14-4-3-9(6-14)8-15/h1-2,5,9,15H,3-4,6-8H2. The summed E-state index contributed by atoms with van der Waals surface area (Å²) < 4.78 is 1.01. The number of rotatable bonds is 3. The number of halogens is 1. The molecule has 1 fully saturated rings. The van der Waals surface area contributed by atoms with Crippen molar-refractivity contribution in [2.75, 3.05) is 19.7 Å². The predicted molar refractivity (Wildman–Crippen MR) is 62.4 cm³/mol. The molecular weight excluding hydrogens is 256 g/mol. The lowest BCUT2D eigenvalue weighted by molar-refractivity contribution is 0.219. The minimum absolute atomic E-state index is 0.310. The van der Waals surface area contributed by atoms with Crippen LogP contribution in [-0.4, -0.2) is 34.7 Å². The van der Waals surface area contributed by atoms with Gasteiger partial charge in [-0.15, -0.1) is 0 Å². The largest absolute Gasteiger partial charge is 0.396 e. The second-order valence-electron chi connectivity index (χ2n) is 4.04. The highest BCUT2D eigenvalue weighted by atomic mass is 79.9. The molecule has 4 heteroatoms. The maximum Gasteiger partial charge on any atom is 0.0544 e. The zero-order valence-corrected chi connectivity index (χ0v) is 10.2. The summed E-state index contributed by atoms with van der Waals surface area (Å²) in [6.45, 7) is 3.27. The van der Waals surface area contributed by atoms with Crippen LogP contribution >= 0.6 is 15.9 Å². The molecule has 1 atom stereocenters. The highest BCUT2D eigenvalue weighted by molar-refractivity contribution is 9.10. The summed E-state index contributed by atoms with van der Waals surface area (Å²) in [5, 5.41) is 9.04. The molecule has 1 aliphatic heterocycles. The third-order valence-corrected chi connectivity index (χ3v) is 3.27. The van der Waals surface area contributed by atoms with Crippen LogP contribution in [0, 0.1) is 5.92 Å². The summed E-state index contributed by atoms with van der Waals surface area (Å²) in [6, 6.07) is 4.05. The van der Waals surface area contributed by atoms with E-state index in [1.165, 1.54) is 0 Å². The molecule has 1 N–H and O–H groups in total. The molecule has 1 unspecified atom stereocenters. The van der Waals surface area contributed by atoms with E-state index in [2.05, 4.69) is 25.8 Å². The Balaban J connectivity index is 1.90. The second kappa shape index (κ2) is 5.05. The van der Waals surface area contributed by atoms with Crippen LogP contribution in [0.1, 0.15) is 12.1 Å². The van der Waals surface area contributed by atoms with Gasteiger partial charge < -0.3 is 5.11 Å². The molecule has 1 saturated heterocycles. The van der Waals surface area contributed by atoms with Crippen LogP contribution in [0.2, 0.25) is 0 Å². The van der Waals surface area contributed by atoms with E-state index in [1.54, 1.807) is 0 Å². The molecule has 0 saturated carbocycles. The third-order valence-electron chi connectivity index (χ3n) is 2.80. The molecule has 0 aliphatic carbocycles. The number of hydrogen-bond donors (Lipinski definition) is 1. The fraction of sp³-hybridized carbons (Fsp3) is 0.545. The summed E-state index contributed by atoms with van der Waals surface area (Å²) in [4.78, 5) is 6.69. The number of aromatic nitrogens is 1. The molecule has 15 heavy (non-hydrogen) atoms. The van der Waals surface area contributed by atoms with Gasteiger partial charge in [0.15, 0.2) is 0 Å². The van der Waals surface area contributed by atoms with Crippen LogP contribution in [0.3, 0.4) is 0 Å². The summed E-state index contributed by atoms with van der Waals surface area (Å²) >= 11 is 3.37. The highest BCUT2D eigenvalue weighted by Gasteiger charge is 2.21. The number of aliphatic hydroxyl groups excluding tert-OH is 1. The Hall–Kier alpha value is -0.450. The third kappa shape index (κ3) is 3.00. The molecule has 0 bridgehead atoms. The van der Waals surface area contributed by atoms with Crippen LogP contribution in [0.4, 0.5) is 0 Å². The monoisotopic (exact) mass is 270 g/mol. The van der Waals surface area contributed by atoms with Crippen LogP contribution in [0.5, 0.6) is 0 Å². The van der Waals surface area contributed by atoms with E-state index < -0.39 is 0 Å². The Kier molecular flexibility index (Phi) is 3.72. The van der Waals surface area contributed by atoms with Crippen molar-refractivity contribution in [2.24, 2.45) is 5.92 Å². The van der Waals surface area contributed by atoms with Gasteiger partial charge in [-0.3, -0.25) is 9.88 Å². The van der Waals surface area contributed by atoms with Gasteiger partial charge in [0.2, 0.25) is 0 Å². The first kappa shape index (κ1) is 11.0. The molecule has 2 rings (SSSR count). The average Bonchev–Trinajstić information content (AvgIpc) is 2.69. The predicted octanol–water partition coefficient (Wildman–Crippen LogP) is 1.66. The molecular formula is C11H15BrN2O. The first-order valence-electron chi connectivity index (χ1n) is 5.21. The van der Waals surface area contributed by atoms with Crippen molar-refractivity contribution in [3.05, 3.63) is 28.5 Å². The second-order valence-corrected chi connectivity index (χ2v) is 4.96. The molecule has 0 amide bonds. The van der Waals surface area contributed by atoms with Gasteiger partial charge in [0.25, 0.3) is 0 Å². The molecule has 0 aromatic carbocycles. The average molecular weight is 271 g/mol. The van der Waals surface area contributed by atoms with Gasteiger partial charge in [-0.25, -0.2) is 0 Å². The van der Waals surface area contributed by atoms with Crippen LogP contribution < -0.4 is 0 Å². The Bertz CT molecular complexity index is 315. The number of likely N-dealkylation sites (tertiary alicyclic amines) is 1. The summed E-state index contributed by atoms with van der Waals surface area (Å²) in [7, 11) is 0. The maximum atomic E-state index is 9.04. The highest BCUT2D eigenvalue weighted by Crippen LogP contribution is 2.17. The first-order valence-corrected chi connectivity index (χ1v) is 6.01. The fourth-order valence-corrected chi connectivity index (χ4v) is 2.17. The van der Waals surface area contributed by atoms with Gasteiger partial charge in [0.1, 0.15) is 0 Å². The van der Waals surface area contributed by atoms with Gasteiger partial charge >= 0.3 is 0 Å². The van der Waals surface area contributed by atoms with Crippen molar-refractivity contribution in [3.63, 3.8) is 0 Å². The normalized spacial score (nSPS) is 22.1. The maximum absolute atomic E-state index is 9.04. The van der Waals surface area contributed by atoms with Crippen LogP contribution in [-0.2, 0) is 6.54 Å². The van der Waals surface area contributed by atoms with Crippen molar-refractivity contribution < 1.29 is 5.11 Å². The van der Waals surface area contributed by atoms with Gasteiger partial charge in [-0.2, -0.15) is 0 Å². The molecule has 1 aromatic heterocycles. The molecule has 0 spiro atoms. The zero-order chi connectivity index (χ0) is 10.7. The van der Waals surface area contributed by atoms with Crippen molar-refractivity contribution in [2.45, 2.75) is 13.0 Å². The summed E-state index contributed by atoms with van der Waals surface area (Å²) in [5.74, 6) is 0.459. The molecule has 82 valence electrons. The van der Waals surface area contributed by atoms with Crippen molar-refractivity contribution in [1.82, 2.24) is 9.88 Å².